The number of hydrogen-bond acceptors (Lipinski definition) is 0. The maximum Gasteiger partial charge on any atom is 0.0266 e. The largest absolute Gasteiger partial charge is 0.0654 e. The van der Waals surface area contributed by atoms with E-state index in [4.69, 9.17) is 0 Å². The van der Waals surface area contributed by atoms with Crippen molar-refractivity contribution in [2.45, 2.75) is 129 Å². The van der Waals surface area contributed by atoms with Gasteiger partial charge in [0.2, 0.25) is 0 Å². The molecule has 0 aliphatic rings. The van der Waals surface area contributed by atoms with Crippen LogP contribution in [-0.4, -0.2) is 0 Å². The highest BCUT2D eigenvalue weighted by Crippen LogP contribution is 2.24. The van der Waals surface area contributed by atoms with Crippen molar-refractivity contribution in [3.8, 4) is 0 Å². The van der Waals surface area contributed by atoms with Crippen LogP contribution in [0.15, 0.2) is 12.1 Å². The standard InChI is InChI=1S/C26H44I2/c1-3-5-7-9-11-13-15-17-19-23-21-25(27)26(28)22-24(23)20-18-16-14-12-10-8-6-4-2/h21-22H,3-20H2,1-2H3. The monoisotopic (exact) mass is 610 g/mol. The fourth-order valence-electron chi connectivity index (χ4n) is 3.99. The van der Waals surface area contributed by atoms with Crippen LogP contribution < -0.4 is 0 Å². The fourth-order valence-corrected chi connectivity index (χ4v) is 5.06. The summed E-state index contributed by atoms with van der Waals surface area (Å²) >= 11 is 5.03. The molecule has 0 N–H and O–H groups in total. The number of hydrogen-bond donors (Lipinski definition) is 0. The van der Waals surface area contributed by atoms with E-state index in [-0.39, 0.29) is 0 Å². The van der Waals surface area contributed by atoms with Gasteiger partial charge in [0.05, 0.1) is 0 Å². The van der Waals surface area contributed by atoms with Gasteiger partial charge in [0, 0.05) is 7.14 Å². The lowest BCUT2D eigenvalue weighted by atomic mass is 9.96. The minimum atomic E-state index is 1.29. The maximum atomic E-state index is 2.51. The van der Waals surface area contributed by atoms with Crippen LogP contribution in [0.25, 0.3) is 0 Å². The summed E-state index contributed by atoms with van der Waals surface area (Å²) < 4.78 is 2.87. The summed E-state index contributed by atoms with van der Waals surface area (Å²) in [4.78, 5) is 0. The van der Waals surface area contributed by atoms with E-state index < -0.39 is 0 Å². The van der Waals surface area contributed by atoms with E-state index in [2.05, 4.69) is 71.2 Å². The molecule has 0 unspecified atom stereocenters. The summed E-state index contributed by atoms with van der Waals surface area (Å²) in [5.41, 5.74) is 3.28. The molecule has 162 valence electrons. The number of benzene rings is 1. The van der Waals surface area contributed by atoms with Crippen molar-refractivity contribution in [3.63, 3.8) is 0 Å². The van der Waals surface area contributed by atoms with Gasteiger partial charge < -0.3 is 0 Å². The van der Waals surface area contributed by atoms with E-state index in [1.807, 2.05) is 0 Å². The Morgan fingerprint density at radius 3 is 1.07 bits per heavy atom. The Hall–Kier alpha value is 0.680. The molecule has 0 spiro atoms. The van der Waals surface area contributed by atoms with E-state index >= 15 is 0 Å². The molecule has 0 atom stereocenters. The molecule has 0 heterocycles. The van der Waals surface area contributed by atoms with Crippen LogP contribution in [0.5, 0.6) is 0 Å². The normalized spacial score (nSPS) is 11.3. The zero-order chi connectivity index (χ0) is 20.5. The van der Waals surface area contributed by atoms with Gasteiger partial charge in [-0.05, 0) is 94.1 Å². The van der Waals surface area contributed by atoms with Crippen LogP contribution in [0.2, 0.25) is 0 Å². The number of halogens is 2. The summed E-state index contributed by atoms with van der Waals surface area (Å²) in [5.74, 6) is 0. The van der Waals surface area contributed by atoms with Crippen LogP contribution in [0.4, 0.5) is 0 Å². The second kappa shape index (κ2) is 18.4. The molecule has 0 aromatic heterocycles. The molecule has 0 aliphatic heterocycles. The molecule has 28 heavy (non-hydrogen) atoms. The first-order valence-corrected chi connectivity index (χ1v) is 14.3. The van der Waals surface area contributed by atoms with Gasteiger partial charge >= 0.3 is 0 Å². The minimum Gasteiger partial charge on any atom is -0.0654 e. The smallest absolute Gasteiger partial charge is 0.0266 e. The Morgan fingerprint density at radius 2 is 0.750 bits per heavy atom. The zero-order valence-electron chi connectivity index (χ0n) is 18.6. The van der Waals surface area contributed by atoms with Crippen molar-refractivity contribution < 1.29 is 0 Å². The topological polar surface area (TPSA) is 0 Å². The highest BCUT2D eigenvalue weighted by Gasteiger charge is 2.07. The molecule has 0 radical (unpaired) electrons. The second-order valence-electron chi connectivity index (χ2n) is 8.48. The second-order valence-corrected chi connectivity index (χ2v) is 10.8. The molecular formula is C26H44I2. The van der Waals surface area contributed by atoms with E-state index in [1.54, 1.807) is 11.1 Å². The van der Waals surface area contributed by atoms with Crippen LogP contribution >= 0.6 is 45.2 Å². The van der Waals surface area contributed by atoms with Gasteiger partial charge in [0.25, 0.3) is 0 Å². The first-order chi connectivity index (χ1) is 13.7. The van der Waals surface area contributed by atoms with Crippen molar-refractivity contribution in [1.29, 1.82) is 0 Å². The van der Waals surface area contributed by atoms with Gasteiger partial charge in [0.1, 0.15) is 0 Å². The predicted octanol–water partition coefficient (Wildman–Crippen LogP) is 10.3. The summed E-state index contributed by atoms with van der Waals surface area (Å²) in [6.45, 7) is 4.60. The van der Waals surface area contributed by atoms with Crippen molar-refractivity contribution in [2.24, 2.45) is 0 Å². The Balaban J connectivity index is 2.29. The van der Waals surface area contributed by atoms with Gasteiger partial charge in [-0.1, -0.05) is 104 Å². The number of rotatable bonds is 18. The highest BCUT2D eigenvalue weighted by molar-refractivity contribution is 14.1. The molecule has 0 saturated heterocycles. The molecule has 0 amide bonds. The Kier molecular flexibility index (Phi) is 17.6. The Labute approximate surface area is 203 Å². The molecule has 0 saturated carbocycles. The molecule has 1 rings (SSSR count). The number of aryl methyl sites for hydroxylation is 2. The molecule has 0 aliphatic carbocycles. The van der Waals surface area contributed by atoms with Crippen molar-refractivity contribution in [3.05, 3.63) is 30.4 Å². The van der Waals surface area contributed by atoms with Gasteiger partial charge in [-0.25, -0.2) is 0 Å². The molecule has 1 aromatic rings. The van der Waals surface area contributed by atoms with Gasteiger partial charge in [-0.2, -0.15) is 0 Å². The third kappa shape index (κ3) is 13.1. The zero-order valence-corrected chi connectivity index (χ0v) is 23.0. The van der Waals surface area contributed by atoms with E-state index in [0.29, 0.717) is 0 Å². The van der Waals surface area contributed by atoms with Crippen LogP contribution in [0, 0.1) is 7.14 Å². The predicted molar refractivity (Wildman–Crippen MR) is 145 cm³/mol. The highest BCUT2D eigenvalue weighted by atomic mass is 127. The third-order valence-corrected chi connectivity index (χ3v) is 8.66. The lowest BCUT2D eigenvalue weighted by Crippen LogP contribution is -1.99. The van der Waals surface area contributed by atoms with Crippen molar-refractivity contribution in [1.82, 2.24) is 0 Å². The molecule has 0 fully saturated rings. The van der Waals surface area contributed by atoms with Gasteiger partial charge in [-0.3, -0.25) is 0 Å². The van der Waals surface area contributed by atoms with Crippen LogP contribution in [0.3, 0.4) is 0 Å². The van der Waals surface area contributed by atoms with Crippen LogP contribution in [0.1, 0.15) is 128 Å². The lowest BCUT2D eigenvalue weighted by molar-refractivity contribution is 0.570. The molecular weight excluding hydrogens is 566 g/mol. The summed E-state index contributed by atoms with van der Waals surface area (Å²) in [5, 5.41) is 0. The number of unbranched alkanes of at least 4 members (excludes halogenated alkanes) is 14. The first-order valence-electron chi connectivity index (χ1n) is 12.2. The SMILES string of the molecule is CCCCCCCCCCc1cc(I)c(I)cc1CCCCCCCCCC. The van der Waals surface area contributed by atoms with Crippen LogP contribution in [-0.2, 0) is 12.8 Å². The first kappa shape index (κ1) is 26.7. The minimum absolute atomic E-state index is 1.29. The average Bonchev–Trinajstić information content (AvgIpc) is 2.69. The van der Waals surface area contributed by atoms with E-state index in [9.17, 15) is 0 Å². The Morgan fingerprint density at radius 1 is 0.464 bits per heavy atom. The molecule has 0 bridgehead atoms. The average molecular weight is 610 g/mol. The quantitative estimate of drug-likeness (QED) is 0.115. The summed E-state index contributed by atoms with van der Waals surface area (Å²) in [6, 6.07) is 4.95. The molecule has 0 nitrogen and oxygen atoms in total. The molecule has 2 heteroatoms. The maximum absolute atomic E-state index is 2.51. The van der Waals surface area contributed by atoms with E-state index in [0.717, 1.165) is 0 Å². The van der Waals surface area contributed by atoms with Gasteiger partial charge in [0.15, 0.2) is 0 Å². The fraction of sp³-hybridized carbons (Fsp3) is 0.769. The lowest BCUT2D eigenvalue weighted by Gasteiger charge is -2.12. The molecule has 1 aromatic carbocycles. The van der Waals surface area contributed by atoms with E-state index in [1.165, 1.54) is 123 Å². The van der Waals surface area contributed by atoms with Crippen molar-refractivity contribution >= 4 is 45.2 Å². The third-order valence-electron chi connectivity index (χ3n) is 5.84. The summed E-state index contributed by atoms with van der Waals surface area (Å²) in [6.07, 6.45) is 25.2. The summed E-state index contributed by atoms with van der Waals surface area (Å²) in [7, 11) is 0. The van der Waals surface area contributed by atoms with Crippen molar-refractivity contribution in [2.75, 3.05) is 0 Å². The Bertz CT molecular complexity index is 450. The van der Waals surface area contributed by atoms with Gasteiger partial charge in [-0.15, -0.1) is 0 Å².